The van der Waals surface area contributed by atoms with E-state index in [1.54, 1.807) is 20.8 Å². The van der Waals surface area contributed by atoms with Crippen LogP contribution in [-0.2, 0) is 30.4 Å². The van der Waals surface area contributed by atoms with E-state index in [2.05, 4.69) is 5.16 Å². The van der Waals surface area contributed by atoms with Gasteiger partial charge in [0, 0.05) is 6.42 Å². The van der Waals surface area contributed by atoms with Crippen LogP contribution in [0.5, 0.6) is 0 Å². The van der Waals surface area contributed by atoms with Gasteiger partial charge in [0.25, 0.3) is 5.91 Å². The summed E-state index contributed by atoms with van der Waals surface area (Å²) >= 11 is 0. The zero-order chi connectivity index (χ0) is 23.2. The lowest BCUT2D eigenvalue weighted by atomic mass is 9.98. The lowest BCUT2D eigenvalue weighted by Crippen LogP contribution is -2.57. The summed E-state index contributed by atoms with van der Waals surface area (Å²) in [7, 11) is 1.46. The van der Waals surface area contributed by atoms with E-state index in [9.17, 15) is 14.7 Å². The van der Waals surface area contributed by atoms with Crippen molar-refractivity contribution in [2.75, 3.05) is 7.11 Å². The van der Waals surface area contributed by atoms with Crippen LogP contribution in [0.25, 0.3) is 0 Å². The summed E-state index contributed by atoms with van der Waals surface area (Å²) < 4.78 is 10.4. The van der Waals surface area contributed by atoms with Crippen LogP contribution in [0.3, 0.4) is 0 Å². The van der Waals surface area contributed by atoms with Crippen LogP contribution in [0.1, 0.15) is 39.7 Å². The first-order valence-electron chi connectivity index (χ1n) is 10.00. The zero-order valence-electron chi connectivity index (χ0n) is 18.5. The minimum absolute atomic E-state index is 0.249. The van der Waals surface area contributed by atoms with Crippen molar-refractivity contribution in [3.63, 3.8) is 0 Å². The standard InChI is InChI=1S/C21H31N3O7/c1-13(25)18(22)19(26)24(31-20(27)29-21(2,3)4)15(11-14-9-7-6-8-10-14)16-12-17(28-5)23-30-16/h6-10,13,15-16,18,25H,11-12,22H2,1-5H3/t13-,15?,16?,18+/m1/s1. The number of methoxy groups -OCH3 is 1. The Kier molecular flexibility index (Phi) is 8.23. The van der Waals surface area contributed by atoms with Crippen molar-refractivity contribution in [3.05, 3.63) is 35.9 Å². The molecule has 2 rings (SSSR count). The lowest BCUT2D eigenvalue weighted by Gasteiger charge is -2.34. The highest BCUT2D eigenvalue weighted by Gasteiger charge is 2.42. The third-order valence-corrected chi connectivity index (χ3v) is 4.50. The number of nitrogens with two attached hydrogens (primary N) is 1. The fourth-order valence-corrected chi connectivity index (χ4v) is 2.90. The molecule has 1 aliphatic heterocycles. The van der Waals surface area contributed by atoms with E-state index < -0.39 is 42.0 Å². The van der Waals surface area contributed by atoms with Crippen molar-refractivity contribution in [1.29, 1.82) is 0 Å². The van der Waals surface area contributed by atoms with E-state index in [4.69, 9.17) is 24.9 Å². The molecule has 172 valence electrons. The van der Waals surface area contributed by atoms with Crippen LogP contribution in [-0.4, -0.2) is 65.1 Å². The molecule has 31 heavy (non-hydrogen) atoms. The van der Waals surface area contributed by atoms with Gasteiger partial charge in [-0.3, -0.25) is 4.79 Å². The maximum atomic E-state index is 13.1. The second kappa shape index (κ2) is 10.5. The molecule has 0 saturated heterocycles. The topological polar surface area (TPSA) is 133 Å². The van der Waals surface area contributed by atoms with Crippen LogP contribution >= 0.6 is 0 Å². The first kappa shape index (κ1) is 24.4. The number of hydrogen-bond acceptors (Lipinski definition) is 9. The van der Waals surface area contributed by atoms with Crippen molar-refractivity contribution in [3.8, 4) is 0 Å². The number of carbonyl (C=O) groups is 2. The number of hydroxylamine groups is 2. The second-order valence-electron chi connectivity index (χ2n) is 8.28. The molecule has 0 aliphatic carbocycles. The summed E-state index contributed by atoms with van der Waals surface area (Å²) in [6.07, 6.45) is -2.42. The lowest BCUT2D eigenvalue weighted by molar-refractivity contribution is -0.203. The molecule has 1 aromatic carbocycles. The third-order valence-electron chi connectivity index (χ3n) is 4.50. The minimum Gasteiger partial charge on any atom is -0.482 e. The van der Waals surface area contributed by atoms with Gasteiger partial charge >= 0.3 is 6.16 Å². The van der Waals surface area contributed by atoms with Gasteiger partial charge in [0.15, 0.2) is 6.10 Å². The molecule has 3 N–H and O–H groups in total. The maximum absolute atomic E-state index is 13.1. The number of oxime groups is 1. The van der Waals surface area contributed by atoms with Crippen molar-refractivity contribution in [2.45, 2.75) is 70.4 Å². The zero-order valence-corrected chi connectivity index (χ0v) is 18.5. The van der Waals surface area contributed by atoms with Crippen molar-refractivity contribution in [2.24, 2.45) is 10.9 Å². The molecule has 2 unspecified atom stereocenters. The molecule has 0 radical (unpaired) electrons. The van der Waals surface area contributed by atoms with Crippen molar-refractivity contribution < 1.29 is 33.8 Å². The summed E-state index contributed by atoms with van der Waals surface area (Å²) in [5.74, 6) is -0.455. The van der Waals surface area contributed by atoms with Gasteiger partial charge in [-0.05, 0) is 33.3 Å². The number of amides is 1. The van der Waals surface area contributed by atoms with Gasteiger partial charge in [-0.25, -0.2) is 4.79 Å². The number of aliphatic hydroxyl groups is 1. The second-order valence-corrected chi connectivity index (χ2v) is 8.28. The van der Waals surface area contributed by atoms with Crippen LogP contribution in [0, 0.1) is 0 Å². The normalized spacial score (nSPS) is 18.8. The molecular weight excluding hydrogens is 406 g/mol. The molecule has 0 aromatic heterocycles. The van der Waals surface area contributed by atoms with E-state index >= 15 is 0 Å². The third kappa shape index (κ3) is 7.11. The number of hydrogen-bond donors (Lipinski definition) is 2. The molecule has 0 bridgehead atoms. The average Bonchev–Trinajstić information content (AvgIpc) is 3.18. The van der Waals surface area contributed by atoms with E-state index in [0.29, 0.717) is 5.90 Å². The van der Waals surface area contributed by atoms with Crippen LogP contribution in [0.4, 0.5) is 4.79 Å². The van der Waals surface area contributed by atoms with E-state index in [-0.39, 0.29) is 12.8 Å². The maximum Gasteiger partial charge on any atom is 0.534 e. The molecular formula is C21H31N3O7. The van der Waals surface area contributed by atoms with Gasteiger partial charge in [-0.1, -0.05) is 35.5 Å². The summed E-state index contributed by atoms with van der Waals surface area (Å²) in [5, 5.41) is 14.6. The molecule has 0 fully saturated rings. The van der Waals surface area contributed by atoms with Gasteiger partial charge in [0.2, 0.25) is 5.90 Å². The number of carbonyl (C=O) groups excluding carboxylic acids is 2. The molecule has 1 amide bonds. The van der Waals surface area contributed by atoms with Gasteiger partial charge in [-0.2, -0.15) is 5.06 Å². The minimum atomic E-state index is -1.33. The fraction of sp³-hybridized carbons (Fsp3) is 0.571. The predicted molar refractivity (Wildman–Crippen MR) is 112 cm³/mol. The van der Waals surface area contributed by atoms with E-state index in [0.717, 1.165) is 10.6 Å². The Labute approximate surface area is 181 Å². The molecule has 0 spiro atoms. The Bertz CT molecular complexity index is 777. The quantitative estimate of drug-likeness (QED) is 0.508. The smallest absolute Gasteiger partial charge is 0.482 e. The van der Waals surface area contributed by atoms with Gasteiger partial charge in [0.1, 0.15) is 17.7 Å². The molecule has 10 heteroatoms. The first-order chi connectivity index (χ1) is 14.5. The number of nitrogens with zero attached hydrogens (tertiary/aromatic N) is 2. The fourth-order valence-electron chi connectivity index (χ4n) is 2.90. The van der Waals surface area contributed by atoms with Gasteiger partial charge in [0.05, 0.1) is 19.6 Å². The van der Waals surface area contributed by atoms with Crippen molar-refractivity contribution >= 4 is 18.0 Å². The monoisotopic (exact) mass is 437 g/mol. The number of benzene rings is 1. The highest BCUT2D eigenvalue weighted by atomic mass is 16.8. The molecule has 1 aliphatic rings. The average molecular weight is 437 g/mol. The molecule has 1 aromatic rings. The largest absolute Gasteiger partial charge is 0.534 e. The van der Waals surface area contributed by atoms with Gasteiger partial charge < -0.3 is 30.0 Å². The Morgan fingerprint density at radius 1 is 1.32 bits per heavy atom. The molecule has 4 atom stereocenters. The molecule has 10 nitrogen and oxygen atoms in total. The summed E-state index contributed by atoms with van der Waals surface area (Å²) in [6, 6.07) is 7.15. The number of ether oxygens (including phenoxy) is 2. The number of aliphatic hydroxyl groups excluding tert-OH is 1. The number of rotatable bonds is 6. The molecule has 0 saturated carbocycles. The first-order valence-corrected chi connectivity index (χ1v) is 10.00. The van der Waals surface area contributed by atoms with Crippen LogP contribution < -0.4 is 5.73 Å². The summed E-state index contributed by atoms with van der Waals surface area (Å²) in [5.41, 5.74) is 5.90. The highest BCUT2D eigenvalue weighted by Crippen LogP contribution is 2.24. The predicted octanol–water partition coefficient (Wildman–Crippen LogP) is 1.75. The Morgan fingerprint density at radius 3 is 2.48 bits per heavy atom. The Morgan fingerprint density at radius 2 is 1.97 bits per heavy atom. The van der Waals surface area contributed by atoms with E-state index in [1.807, 2.05) is 30.3 Å². The van der Waals surface area contributed by atoms with Crippen molar-refractivity contribution in [1.82, 2.24) is 5.06 Å². The SMILES string of the molecule is COC1=NOC(C(Cc2ccccc2)N(OC(=O)OC(C)(C)C)C(=O)[C@@H](N)[C@@H](C)O)C1. The van der Waals surface area contributed by atoms with Crippen LogP contribution in [0.15, 0.2) is 35.5 Å². The summed E-state index contributed by atoms with van der Waals surface area (Å²) in [6.45, 7) is 6.38. The van der Waals surface area contributed by atoms with E-state index in [1.165, 1.54) is 14.0 Å². The Balaban J connectivity index is 2.37. The van der Waals surface area contributed by atoms with Crippen LogP contribution in [0.2, 0.25) is 0 Å². The highest BCUT2D eigenvalue weighted by molar-refractivity contribution is 5.83. The Hall–Kier alpha value is -2.85. The van der Waals surface area contributed by atoms with Gasteiger partial charge in [-0.15, -0.1) is 0 Å². The summed E-state index contributed by atoms with van der Waals surface area (Å²) in [4.78, 5) is 36.3. The molecule has 1 heterocycles.